The molecule has 5 aliphatic carbocycles. The van der Waals surface area contributed by atoms with Gasteiger partial charge in [-0.05, 0) is 97.2 Å². The molecule has 21 heteroatoms. The number of allylic oxidation sites excluding steroid dienone is 2. The molecule has 0 aromatic rings. The summed E-state index contributed by atoms with van der Waals surface area (Å²) in [6.45, 7) is 10.9. The Hall–Kier alpha value is -2.29. The quantitative estimate of drug-likeness (QED) is 0.0667. The average Bonchev–Trinajstić information content (AvgIpc) is 3.28. The number of fused-ring (bicyclic) bond motifs is 7. The Bertz CT molecular complexity index is 1960. The number of rotatable bonds is 11. The van der Waals surface area contributed by atoms with Crippen molar-refractivity contribution in [3.63, 3.8) is 0 Å². The molecule has 0 aromatic heterocycles. The first-order valence-corrected chi connectivity index (χ1v) is 24.4. The monoisotopic (exact) mass is 986 g/mol. The number of carboxylic acid groups (broad SMARTS) is 2. The molecule has 0 spiro atoms. The molecule has 3 saturated heterocycles. The van der Waals surface area contributed by atoms with Crippen LogP contribution in [0, 0.1) is 50.2 Å². The Morgan fingerprint density at radius 1 is 0.667 bits per heavy atom. The van der Waals surface area contributed by atoms with E-state index in [1.54, 1.807) is 6.92 Å². The van der Waals surface area contributed by atoms with E-state index in [9.17, 15) is 75.7 Å². The number of ether oxygens (including phenoxy) is 6. The van der Waals surface area contributed by atoms with Gasteiger partial charge in [0.15, 0.2) is 25.0 Å². The van der Waals surface area contributed by atoms with Crippen molar-refractivity contribution in [3.8, 4) is 0 Å². The fourth-order valence-electron chi connectivity index (χ4n) is 15.1. The maximum absolute atomic E-state index is 13.9. The maximum Gasteiger partial charge on any atom is 0.335 e. The van der Waals surface area contributed by atoms with Crippen LogP contribution in [0.25, 0.3) is 0 Å². The van der Waals surface area contributed by atoms with Crippen LogP contribution < -0.4 is 0 Å². The molecule has 3 aliphatic heterocycles. The van der Waals surface area contributed by atoms with E-state index in [1.165, 1.54) is 0 Å². The molecule has 392 valence electrons. The molecule has 0 bridgehead atoms. The Labute approximate surface area is 400 Å². The lowest BCUT2D eigenvalue weighted by Crippen LogP contribution is -2.69. The van der Waals surface area contributed by atoms with E-state index >= 15 is 0 Å². The number of carboxylic acids is 2. The first-order chi connectivity index (χ1) is 32.2. The van der Waals surface area contributed by atoms with Crippen molar-refractivity contribution >= 4 is 18.2 Å². The molecular formula is C48H74O21. The largest absolute Gasteiger partial charge is 0.481 e. The molecular weight excluding hydrogens is 913 g/mol. The predicted molar refractivity (Wildman–Crippen MR) is 233 cm³/mol. The van der Waals surface area contributed by atoms with Gasteiger partial charge in [0.1, 0.15) is 78.8 Å². The third-order valence-electron chi connectivity index (χ3n) is 19.3. The van der Waals surface area contributed by atoms with Crippen molar-refractivity contribution in [1.82, 2.24) is 0 Å². The molecule has 7 fully saturated rings. The minimum atomic E-state index is -2.21. The van der Waals surface area contributed by atoms with Gasteiger partial charge in [0.2, 0.25) is 0 Å². The summed E-state index contributed by atoms with van der Waals surface area (Å²) in [5.41, 5.74) is -3.23. The zero-order valence-corrected chi connectivity index (χ0v) is 40.0. The lowest BCUT2D eigenvalue weighted by molar-refractivity contribution is -0.395. The van der Waals surface area contributed by atoms with Gasteiger partial charge in [0.05, 0.1) is 30.8 Å². The number of aliphatic carboxylic acids is 2. The van der Waals surface area contributed by atoms with E-state index in [4.69, 9.17) is 28.4 Å². The van der Waals surface area contributed by atoms with E-state index in [-0.39, 0.29) is 36.0 Å². The van der Waals surface area contributed by atoms with Crippen molar-refractivity contribution < 1.29 is 104 Å². The van der Waals surface area contributed by atoms with Crippen LogP contribution in [0.1, 0.15) is 99.3 Å². The normalized spacial score (nSPS) is 53.9. The van der Waals surface area contributed by atoms with Crippen LogP contribution in [0.15, 0.2) is 11.6 Å². The smallest absolute Gasteiger partial charge is 0.335 e. The topological polar surface area (TPSA) is 349 Å². The highest BCUT2D eigenvalue weighted by Gasteiger charge is 2.72. The summed E-state index contributed by atoms with van der Waals surface area (Å²) >= 11 is 0. The molecule has 69 heavy (non-hydrogen) atoms. The Balaban J connectivity index is 1.13. The van der Waals surface area contributed by atoms with Crippen LogP contribution in [-0.2, 0) is 42.8 Å². The number of aliphatic hydroxyl groups is 10. The molecule has 3 heterocycles. The predicted octanol–water partition coefficient (Wildman–Crippen LogP) is -1.05. The van der Waals surface area contributed by atoms with Gasteiger partial charge in [-0.3, -0.25) is 4.79 Å². The summed E-state index contributed by atoms with van der Waals surface area (Å²) in [5, 5.41) is 129. The third-order valence-corrected chi connectivity index (χ3v) is 19.3. The molecule has 4 saturated carbocycles. The summed E-state index contributed by atoms with van der Waals surface area (Å²) < 4.78 is 36.0. The van der Waals surface area contributed by atoms with Crippen molar-refractivity contribution in [2.45, 2.75) is 204 Å². The highest BCUT2D eigenvalue weighted by Crippen LogP contribution is 2.76. The lowest BCUT2D eigenvalue weighted by atomic mass is 9.33. The van der Waals surface area contributed by atoms with Crippen molar-refractivity contribution in [2.75, 3.05) is 13.2 Å². The minimum Gasteiger partial charge on any atom is -0.481 e. The second kappa shape index (κ2) is 18.6. The Kier molecular flexibility index (Phi) is 14.3. The van der Waals surface area contributed by atoms with Crippen LogP contribution in [0.5, 0.6) is 0 Å². The van der Waals surface area contributed by atoms with Gasteiger partial charge in [-0.2, -0.15) is 0 Å². The zero-order chi connectivity index (χ0) is 50.7. The van der Waals surface area contributed by atoms with Crippen molar-refractivity contribution in [3.05, 3.63) is 11.6 Å². The summed E-state index contributed by atoms with van der Waals surface area (Å²) in [5.74, 6) is -3.46. The van der Waals surface area contributed by atoms with Crippen LogP contribution in [0.3, 0.4) is 0 Å². The standard InChI is InChI=1S/C48H74O21/c1-43(2)13-14-48(42(62)63)21(15-43)20-7-8-25-44(3)11-10-27(45(4,19-51)24(44)9-12-46(25,5)47(20,6)16-26(48)52)66-41-37(69-40-33(58)31(56)29(54)23(18-50)65-40)35(34(59)36(68-41)38(60)61)67-39-32(57)30(55)28(53)22(17-49)64-39/h7,19,21-37,39-41,49-50,52-59H,8-18H2,1-6H3,(H,60,61)(H,62,63)/t21-,22+,23+,24+,25+,26+,27-,28+,29-,30-,31-,32+,33+,34-,35-,36-,37+,39-,40-,41+,44-,45-,46+,47+,48+/m0/s1. The van der Waals surface area contributed by atoms with Gasteiger partial charge in [-0.1, -0.05) is 53.2 Å². The number of hydrogen-bond acceptors (Lipinski definition) is 19. The van der Waals surface area contributed by atoms with Crippen LogP contribution in [0.2, 0.25) is 0 Å². The van der Waals surface area contributed by atoms with E-state index in [0.717, 1.165) is 11.9 Å². The second-order valence-electron chi connectivity index (χ2n) is 23.3. The number of carbonyl (C=O) groups is 3. The molecule has 8 rings (SSSR count). The zero-order valence-electron chi connectivity index (χ0n) is 40.0. The number of carbonyl (C=O) groups excluding carboxylic acids is 1. The highest BCUT2D eigenvalue weighted by molar-refractivity contribution is 5.78. The van der Waals surface area contributed by atoms with Gasteiger partial charge < -0.3 is 94.5 Å². The highest BCUT2D eigenvalue weighted by atomic mass is 16.8. The van der Waals surface area contributed by atoms with Gasteiger partial charge in [-0.15, -0.1) is 0 Å². The van der Waals surface area contributed by atoms with Gasteiger partial charge in [-0.25, -0.2) is 4.79 Å². The third kappa shape index (κ3) is 8.08. The van der Waals surface area contributed by atoms with Gasteiger partial charge in [0, 0.05) is 0 Å². The Morgan fingerprint density at radius 2 is 1.25 bits per heavy atom. The first kappa shape index (κ1) is 53.0. The van der Waals surface area contributed by atoms with Gasteiger partial charge in [0.25, 0.3) is 0 Å². The summed E-state index contributed by atoms with van der Waals surface area (Å²) in [6, 6.07) is 0. The minimum absolute atomic E-state index is 0.0464. The average molecular weight is 987 g/mol. The molecule has 0 aromatic carbocycles. The SMILES string of the molecule is CC1(C)CC[C@]2(C(=O)O)[C@H](O)C[C@]3(C)C(=CC[C@@H]4[C@@]5(C)CC[C@H](O[C@@H]6O[C@H](C(=O)O)[C@@H](O)[C@H](O[C@@H]7O[C@H](CO)[C@@H](O)[C@H](O)[C@H]7O)[C@H]6O[C@@H]6O[C@H](CO)[C@H](O)[C@H](O)[C@H]6O)[C@@](C)(C=O)[C@@H]5CC[C@]43C)[C@@H]2C1. The van der Waals surface area contributed by atoms with E-state index in [2.05, 4.69) is 40.7 Å². The fourth-order valence-corrected chi connectivity index (χ4v) is 15.1. The Morgan fingerprint density at radius 3 is 1.78 bits per heavy atom. The van der Waals surface area contributed by atoms with E-state index in [0.29, 0.717) is 44.9 Å². The molecule has 0 unspecified atom stereocenters. The second-order valence-corrected chi connectivity index (χ2v) is 23.3. The molecule has 0 amide bonds. The number of aliphatic hydroxyl groups excluding tert-OH is 10. The molecule has 8 aliphatic rings. The van der Waals surface area contributed by atoms with E-state index < -0.39 is 157 Å². The van der Waals surface area contributed by atoms with Crippen molar-refractivity contribution in [1.29, 1.82) is 0 Å². The van der Waals surface area contributed by atoms with E-state index in [1.807, 2.05) is 0 Å². The van der Waals surface area contributed by atoms with Gasteiger partial charge >= 0.3 is 11.9 Å². The molecule has 21 nitrogen and oxygen atoms in total. The lowest BCUT2D eigenvalue weighted by Gasteiger charge is -2.71. The number of hydrogen-bond donors (Lipinski definition) is 12. The first-order valence-electron chi connectivity index (χ1n) is 24.4. The van der Waals surface area contributed by atoms with Crippen LogP contribution in [0.4, 0.5) is 0 Å². The molecule has 12 N–H and O–H groups in total. The molecule has 0 radical (unpaired) electrons. The van der Waals surface area contributed by atoms with Crippen molar-refractivity contribution in [2.24, 2.45) is 50.2 Å². The number of aldehydes is 1. The fraction of sp³-hybridized carbons (Fsp3) is 0.896. The molecule has 25 atom stereocenters. The summed E-state index contributed by atoms with van der Waals surface area (Å²) in [7, 11) is 0. The summed E-state index contributed by atoms with van der Waals surface area (Å²) in [4.78, 5) is 39.9. The van der Waals surface area contributed by atoms with Crippen LogP contribution in [-0.4, -0.2) is 197 Å². The summed E-state index contributed by atoms with van der Waals surface area (Å²) in [6.07, 6.45) is -23.6. The van der Waals surface area contributed by atoms with Crippen LogP contribution >= 0.6 is 0 Å². The maximum atomic E-state index is 13.9.